The molecule has 0 bridgehead atoms. The molecule has 150 valence electrons. The van der Waals surface area contributed by atoms with E-state index in [-0.39, 0.29) is 25.5 Å². The Labute approximate surface area is 155 Å². The molecule has 1 aromatic carbocycles. The van der Waals surface area contributed by atoms with Crippen molar-refractivity contribution in [2.75, 3.05) is 12.1 Å². The second-order valence-electron chi connectivity index (χ2n) is 5.52. The third-order valence-electron chi connectivity index (χ3n) is 3.61. The lowest BCUT2D eigenvalue weighted by molar-refractivity contribution is -0.143. The van der Waals surface area contributed by atoms with E-state index in [9.17, 15) is 40.4 Å². The van der Waals surface area contributed by atoms with Gasteiger partial charge >= 0.3 is 16.7 Å². The van der Waals surface area contributed by atoms with Crippen LogP contribution >= 0.6 is 11.3 Å². The summed E-state index contributed by atoms with van der Waals surface area (Å²) in [4.78, 5) is 35.2. The van der Waals surface area contributed by atoms with E-state index in [1.807, 2.05) is 0 Å². The standard InChI is InChI=1S/C13H8F4N4O5S2/c1-28(25,26)21-7-3-6(5(14)2-8(7)27-12(21)24)19-10(22)4-9(13(15,16)17)20(18)11(19)23/h2-4H,18H2,1H3. The quantitative estimate of drug-likeness (QED) is 0.444. The molecule has 0 atom stereocenters. The van der Waals surface area contributed by atoms with Crippen molar-refractivity contribution in [2.45, 2.75) is 6.18 Å². The minimum atomic E-state index is -5.13. The number of nitrogen functional groups attached to an aromatic ring is 1. The number of nitrogens with two attached hydrogens (primary N) is 1. The van der Waals surface area contributed by atoms with Gasteiger partial charge in [-0.1, -0.05) is 11.3 Å². The molecule has 0 aliphatic carbocycles. The molecule has 2 heterocycles. The van der Waals surface area contributed by atoms with Gasteiger partial charge < -0.3 is 5.84 Å². The fourth-order valence-corrected chi connectivity index (χ4v) is 4.63. The van der Waals surface area contributed by atoms with Gasteiger partial charge in [-0.15, -0.1) is 0 Å². The molecular formula is C13H8F4N4O5S2. The van der Waals surface area contributed by atoms with E-state index in [2.05, 4.69) is 0 Å². The second kappa shape index (κ2) is 6.03. The fraction of sp³-hybridized carbons (Fsp3) is 0.154. The van der Waals surface area contributed by atoms with Gasteiger partial charge in [-0.2, -0.15) is 17.1 Å². The van der Waals surface area contributed by atoms with E-state index in [1.165, 1.54) is 0 Å². The zero-order chi connectivity index (χ0) is 21.2. The molecule has 2 aromatic heterocycles. The molecule has 28 heavy (non-hydrogen) atoms. The van der Waals surface area contributed by atoms with Gasteiger partial charge in [0.1, 0.15) is 5.82 Å². The predicted molar refractivity (Wildman–Crippen MR) is 91.3 cm³/mol. The first-order valence-electron chi connectivity index (χ1n) is 7.01. The van der Waals surface area contributed by atoms with E-state index in [1.54, 1.807) is 0 Å². The van der Waals surface area contributed by atoms with Crippen molar-refractivity contribution in [3.05, 3.63) is 60.2 Å². The third-order valence-corrected chi connectivity index (χ3v) is 5.66. The number of rotatable bonds is 2. The first-order valence-corrected chi connectivity index (χ1v) is 9.67. The molecule has 0 saturated carbocycles. The number of benzene rings is 1. The maximum atomic E-state index is 14.4. The predicted octanol–water partition coefficient (Wildman–Crippen LogP) is 0.0550. The Morgan fingerprint density at radius 3 is 2.25 bits per heavy atom. The molecule has 0 fully saturated rings. The van der Waals surface area contributed by atoms with Crippen molar-refractivity contribution >= 4 is 31.6 Å². The van der Waals surface area contributed by atoms with Gasteiger partial charge in [0.15, 0.2) is 5.69 Å². The molecule has 0 aliphatic heterocycles. The van der Waals surface area contributed by atoms with Gasteiger partial charge in [0.25, 0.3) is 5.56 Å². The average Bonchev–Trinajstić information content (AvgIpc) is 2.84. The average molecular weight is 440 g/mol. The Morgan fingerprint density at radius 2 is 1.71 bits per heavy atom. The minimum absolute atomic E-state index is 0.00122. The summed E-state index contributed by atoms with van der Waals surface area (Å²) in [6, 6.07) is 1.37. The lowest BCUT2D eigenvalue weighted by Crippen LogP contribution is -2.45. The zero-order valence-electron chi connectivity index (χ0n) is 13.5. The molecular weight excluding hydrogens is 432 g/mol. The van der Waals surface area contributed by atoms with Crippen LogP contribution in [-0.2, 0) is 16.2 Å². The van der Waals surface area contributed by atoms with Crippen molar-refractivity contribution in [3.63, 3.8) is 0 Å². The summed E-state index contributed by atoms with van der Waals surface area (Å²) in [6.45, 7) is 0. The Balaban J connectivity index is 2.45. The Kier molecular flexibility index (Phi) is 4.27. The summed E-state index contributed by atoms with van der Waals surface area (Å²) in [7, 11) is -4.14. The van der Waals surface area contributed by atoms with Crippen LogP contribution in [0.2, 0.25) is 0 Å². The van der Waals surface area contributed by atoms with Crippen molar-refractivity contribution in [2.24, 2.45) is 0 Å². The largest absolute Gasteiger partial charge is 0.433 e. The summed E-state index contributed by atoms with van der Waals surface area (Å²) in [6.07, 6.45) is -4.43. The molecule has 3 aromatic rings. The number of hydrogen-bond donors (Lipinski definition) is 1. The maximum Gasteiger partial charge on any atom is 0.433 e. The van der Waals surface area contributed by atoms with Gasteiger partial charge in [-0.25, -0.2) is 26.8 Å². The van der Waals surface area contributed by atoms with Crippen LogP contribution in [0.5, 0.6) is 0 Å². The van der Waals surface area contributed by atoms with E-state index >= 15 is 0 Å². The van der Waals surface area contributed by atoms with Crippen LogP contribution in [0.25, 0.3) is 15.9 Å². The molecule has 3 rings (SSSR count). The third kappa shape index (κ3) is 3.01. The maximum absolute atomic E-state index is 14.4. The minimum Gasteiger partial charge on any atom is -0.335 e. The van der Waals surface area contributed by atoms with E-state index in [0.29, 0.717) is 33.7 Å². The van der Waals surface area contributed by atoms with Crippen molar-refractivity contribution in [1.82, 2.24) is 13.2 Å². The summed E-state index contributed by atoms with van der Waals surface area (Å²) in [5.41, 5.74) is -6.26. The first kappa shape index (κ1) is 19.8. The zero-order valence-corrected chi connectivity index (χ0v) is 15.2. The summed E-state index contributed by atoms with van der Waals surface area (Å²) < 4.78 is 76.4. The highest BCUT2D eigenvalue weighted by molar-refractivity contribution is 7.89. The molecule has 0 amide bonds. The van der Waals surface area contributed by atoms with Crippen LogP contribution in [0.3, 0.4) is 0 Å². The van der Waals surface area contributed by atoms with Crippen LogP contribution < -0.4 is 22.0 Å². The summed E-state index contributed by atoms with van der Waals surface area (Å²) in [5.74, 6) is 3.84. The first-order chi connectivity index (χ1) is 12.7. The topological polar surface area (TPSA) is 126 Å². The molecule has 2 N–H and O–H groups in total. The molecule has 0 spiro atoms. The van der Waals surface area contributed by atoms with Crippen molar-refractivity contribution in [3.8, 4) is 5.69 Å². The second-order valence-corrected chi connectivity index (χ2v) is 8.34. The van der Waals surface area contributed by atoms with E-state index in [0.717, 1.165) is 0 Å². The highest BCUT2D eigenvalue weighted by Gasteiger charge is 2.36. The van der Waals surface area contributed by atoms with Crippen LogP contribution in [0.1, 0.15) is 5.69 Å². The lowest BCUT2D eigenvalue weighted by atomic mass is 10.2. The van der Waals surface area contributed by atoms with Gasteiger partial charge in [0.2, 0.25) is 10.0 Å². The summed E-state index contributed by atoms with van der Waals surface area (Å²) in [5, 5.41) is 0. The number of thiazole rings is 1. The highest BCUT2D eigenvalue weighted by Crippen LogP contribution is 2.27. The fourth-order valence-electron chi connectivity index (χ4n) is 2.49. The smallest absolute Gasteiger partial charge is 0.335 e. The molecule has 9 nitrogen and oxygen atoms in total. The van der Waals surface area contributed by atoms with E-state index in [4.69, 9.17) is 5.84 Å². The van der Waals surface area contributed by atoms with Gasteiger partial charge in [0, 0.05) is 6.07 Å². The number of aromatic nitrogens is 3. The summed E-state index contributed by atoms with van der Waals surface area (Å²) >= 11 is 0.385. The lowest BCUT2D eigenvalue weighted by Gasteiger charge is -2.14. The van der Waals surface area contributed by atoms with Gasteiger partial charge in [0.05, 0.1) is 22.2 Å². The number of fused-ring (bicyclic) bond motifs is 1. The van der Waals surface area contributed by atoms with Crippen molar-refractivity contribution < 1.29 is 26.0 Å². The Morgan fingerprint density at radius 1 is 1.11 bits per heavy atom. The molecule has 15 heteroatoms. The Hall–Kier alpha value is -2.94. The monoisotopic (exact) mass is 440 g/mol. The molecule has 0 aliphatic rings. The molecule has 0 radical (unpaired) electrons. The van der Waals surface area contributed by atoms with Gasteiger partial charge in [-0.3, -0.25) is 9.59 Å². The number of alkyl halides is 3. The normalized spacial score (nSPS) is 12.6. The van der Waals surface area contributed by atoms with Crippen LogP contribution in [0.15, 0.2) is 32.6 Å². The molecule has 0 saturated heterocycles. The Bertz CT molecular complexity index is 1410. The molecule has 0 unspecified atom stereocenters. The number of halogens is 4. The van der Waals surface area contributed by atoms with E-state index < -0.39 is 49.5 Å². The van der Waals surface area contributed by atoms with Crippen LogP contribution in [0, 0.1) is 5.82 Å². The van der Waals surface area contributed by atoms with Crippen LogP contribution in [-0.4, -0.2) is 27.9 Å². The number of hydrogen-bond acceptors (Lipinski definition) is 7. The van der Waals surface area contributed by atoms with Crippen molar-refractivity contribution in [1.29, 1.82) is 0 Å². The van der Waals surface area contributed by atoms with Crippen LogP contribution in [0.4, 0.5) is 17.6 Å². The number of nitrogens with zero attached hydrogens (tertiary/aromatic N) is 3. The SMILES string of the molecule is CS(=O)(=O)n1c(=O)sc2cc(F)c(-n3c(=O)cc(C(F)(F)F)n(N)c3=O)cc21. The highest BCUT2D eigenvalue weighted by atomic mass is 32.2. The van der Waals surface area contributed by atoms with Gasteiger partial charge in [-0.05, 0) is 12.1 Å².